The smallest absolute Gasteiger partial charge is 0.274 e. The van der Waals surface area contributed by atoms with Crippen LogP contribution in [0.15, 0.2) is 65.8 Å². The van der Waals surface area contributed by atoms with Crippen LogP contribution in [-0.4, -0.2) is 36.9 Å². The molecule has 11 nitrogen and oxygen atoms in total. The lowest BCUT2D eigenvalue weighted by molar-refractivity contribution is -0.385. The standard InChI is InChI=1S/C23H17N7O4S/c31-20-16(15-6-2-3-7-17(15)25-20)11-14-9-10-18(24-14)21(32)26-22-27-23(29-28-22)35-12-13-5-1-4-8-19(13)30(33)34/h1-11,24H,12H2,(H,25,31)(H2,26,27,28,29,32)/b16-11-. The number of anilines is 2. The van der Waals surface area contributed by atoms with Gasteiger partial charge >= 0.3 is 0 Å². The van der Waals surface area contributed by atoms with E-state index in [0.717, 1.165) is 11.3 Å². The van der Waals surface area contributed by atoms with E-state index in [1.807, 2.05) is 24.3 Å². The summed E-state index contributed by atoms with van der Waals surface area (Å²) in [6.45, 7) is 0. The van der Waals surface area contributed by atoms with Gasteiger partial charge in [-0.05, 0) is 24.3 Å². The van der Waals surface area contributed by atoms with Crippen molar-refractivity contribution in [1.29, 1.82) is 0 Å². The number of H-pyrrole nitrogens is 2. The quantitative estimate of drug-likeness (QED) is 0.132. The zero-order chi connectivity index (χ0) is 24.4. The van der Waals surface area contributed by atoms with Gasteiger partial charge in [0.15, 0.2) is 0 Å². The molecule has 5 rings (SSSR count). The Morgan fingerprint density at radius 3 is 2.77 bits per heavy atom. The third-order valence-electron chi connectivity index (χ3n) is 5.21. The van der Waals surface area contributed by atoms with Crippen LogP contribution in [0.4, 0.5) is 17.3 Å². The van der Waals surface area contributed by atoms with Gasteiger partial charge in [0, 0.05) is 34.3 Å². The number of nitrogens with one attached hydrogen (secondary N) is 4. The Labute approximate surface area is 202 Å². The van der Waals surface area contributed by atoms with Crippen LogP contribution in [0.2, 0.25) is 0 Å². The van der Waals surface area contributed by atoms with Crippen LogP contribution in [0.25, 0.3) is 11.6 Å². The number of benzene rings is 2. The molecular weight excluding hydrogens is 470 g/mol. The van der Waals surface area contributed by atoms with Gasteiger partial charge in [-0.2, -0.15) is 4.98 Å². The number of nitro benzene ring substituents is 1. The summed E-state index contributed by atoms with van der Waals surface area (Å²) >= 11 is 1.20. The van der Waals surface area contributed by atoms with Crippen molar-refractivity contribution in [3.05, 3.63) is 93.3 Å². The zero-order valence-electron chi connectivity index (χ0n) is 17.9. The average molecular weight is 488 g/mol. The number of nitrogens with zero attached hydrogens (tertiary/aromatic N) is 3. The average Bonchev–Trinajstić information content (AvgIpc) is 3.58. The van der Waals surface area contributed by atoms with Crippen molar-refractivity contribution in [2.75, 3.05) is 10.6 Å². The van der Waals surface area contributed by atoms with Crippen LogP contribution >= 0.6 is 11.8 Å². The first-order chi connectivity index (χ1) is 17.0. The maximum Gasteiger partial charge on any atom is 0.274 e. The molecule has 2 amide bonds. The van der Waals surface area contributed by atoms with Crippen LogP contribution in [0.3, 0.4) is 0 Å². The van der Waals surface area contributed by atoms with Crippen molar-refractivity contribution in [2.24, 2.45) is 0 Å². The summed E-state index contributed by atoms with van der Waals surface area (Å²) < 4.78 is 0. The molecule has 12 heteroatoms. The Kier molecular flexibility index (Phi) is 5.85. The van der Waals surface area contributed by atoms with Gasteiger partial charge in [0.25, 0.3) is 17.5 Å². The zero-order valence-corrected chi connectivity index (χ0v) is 18.8. The SMILES string of the molecule is O=C1Nc2ccccc2/C1=C/c1ccc(C(=O)Nc2nc(SCc3ccccc3[N+](=O)[O-])n[nH]2)[nH]1. The number of rotatable bonds is 7. The highest BCUT2D eigenvalue weighted by Crippen LogP contribution is 2.32. The van der Waals surface area contributed by atoms with E-state index in [1.165, 1.54) is 17.8 Å². The largest absolute Gasteiger partial charge is 0.351 e. The normalized spacial score (nSPS) is 13.5. The van der Waals surface area contributed by atoms with Crippen LogP contribution < -0.4 is 10.6 Å². The number of hydrogen-bond donors (Lipinski definition) is 4. The second-order valence-corrected chi connectivity index (χ2v) is 8.42. The lowest BCUT2D eigenvalue weighted by Crippen LogP contribution is -2.13. The molecule has 0 unspecified atom stereocenters. The van der Waals surface area contributed by atoms with Gasteiger partial charge < -0.3 is 10.3 Å². The number of carbonyl (C=O) groups excluding carboxylic acids is 2. The Morgan fingerprint density at radius 2 is 1.91 bits per heavy atom. The van der Waals surface area contributed by atoms with E-state index in [9.17, 15) is 19.7 Å². The fourth-order valence-corrected chi connectivity index (χ4v) is 4.36. The predicted molar refractivity (Wildman–Crippen MR) is 131 cm³/mol. The topological polar surface area (TPSA) is 159 Å². The highest BCUT2D eigenvalue weighted by atomic mass is 32.2. The number of carbonyl (C=O) groups is 2. The fraction of sp³-hybridized carbons (Fsp3) is 0.0435. The molecule has 0 aliphatic carbocycles. The minimum absolute atomic E-state index is 0.0279. The molecule has 4 aromatic rings. The molecular formula is C23H17N7O4S. The first-order valence-electron chi connectivity index (χ1n) is 10.4. The van der Waals surface area contributed by atoms with Crippen LogP contribution in [0.1, 0.15) is 27.3 Å². The third-order valence-corrected chi connectivity index (χ3v) is 6.10. The van der Waals surface area contributed by atoms with Crippen LogP contribution in [-0.2, 0) is 10.5 Å². The van der Waals surface area contributed by atoms with Gasteiger partial charge in [-0.15, -0.1) is 5.10 Å². The lowest BCUT2D eigenvalue weighted by Gasteiger charge is -2.00. The molecule has 35 heavy (non-hydrogen) atoms. The molecule has 0 bridgehead atoms. The van der Waals surface area contributed by atoms with E-state index in [1.54, 1.807) is 36.4 Å². The lowest BCUT2D eigenvalue weighted by atomic mass is 10.1. The summed E-state index contributed by atoms with van der Waals surface area (Å²) in [6, 6.07) is 17.1. The van der Waals surface area contributed by atoms with E-state index in [2.05, 4.69) is 30.8 Å². The summed E-state index contributed by atoms with van der Waals surface area (Å²) in [4.78, 5) is 42.8. The molecule has 1 aliphatic heterocycles. The van der Waals surface area contributed by atoms with Gasteiger partial charge in [0.2, 0.25) is 11.1 Å². The number of thioether (sulfide) groups is 1. The number of aromatic amines is 2. The Morgan fingerprint density at radius 1 is 1.11 bits per heavy atom. The molecule has 3 heterocycles. The summed E-state index contributed by atoms with van der Waals surface area (Å²) in [7, 11) is 0. The van der Waals surface area contributed by atoms with Crippen molar-refractivity contribution in [3.63, 3.8) is 0 Å². The second-order valence-electron chi connectivity index (χ2n) is 7.48. The number of nitro groups is 1. The summed E-state index contributed by atoms with van der Waals surface area (Å²) in [5.74, 6) is -0.219. The van der Waals surface area contributed by atoms with Crippen molar-refractivity contribution >= 4 is 52.5 Å². The molecule has 4 N–H and O–H groups in total. The van der Waals surface area contributed by atoms with E-state index in [4.69, 9.17) is 0 Å². The molecule has 0 fully saturated rings. The fourth-order valence-electron chi connectivity index (χ4n) is 3.56. The third kappa shape index (κ3) is 4.68. The molecule has 0 spiro atoms. The molecule has 1 aliphatic rings. The second kappa shape index (κ2) is 9.27. The summed E-state index contributed by atoms with van der Waals surface area (Å²) in [6.07, 6.45) is 1.68. The number of aromatic nitrogens is 4. The number of hydrogen-bond acceptors (Lipinski definition) is 7. The minimum Gasteiger partial charge on any atom is -0.351 e. The number of amides is 2. The number of para-hydroxylation sites is 2. The van der Waals surface area contributed by atoms with Crippen LogP contribution in [0.5, 0.6) is 0 Å². The molecule has 0 saturated heterocycles. The van der Waals surface area contributed by atoms with Crippen molar-refractivity contribution < 1.29 is 14.5 Å². The Bertz CT molecular complexity index is 1490. The summed E-state index contributed by atoms with van der Waals surface area (Å²) in [5, 5.41) is 23.6. The molecule has 0 atom stereocenters. The van der Waals surface area contributed by atoms with Gasteiger partial charge in [0.05, 0.1) is 10.5 Å². The van der Waals surface area contributed by atoms with Crippen molar-refractivity contribution in [3.8, 4) is 0 Å². The van der Waals surface area contributed by atoms with E-state index >= 15 is 0 Å². The van der Waals surface area contributed by atoms with Crippen molar-refractivity contribution in [2.45, 2.75) is 10.9 Å². The Hall–Kier alpha value is -4.71. The van der Waals surface area contributed by atoms with Gasteiger partial charge in [-0.3, -0.25) is 25.0 Å². The van der Waals surface area contributed by atoms with Gasteiger partial charge in [0.1, 0.15) is 5.69 Å². The molecule has 2 aromatic carbocycles. The van der Waals surface area contributed by atoms with Gasteiger partial charge in [-0.1, -0.05) is 48.2 Å². The number of fused-ring (bicyclic) bond motifs is 1. The monoisotopic (exact) mass is 487 g/mol. The highest BCUT2D eigenvalue weighted by Gasteiger charge is 2.23. The Balaban J connectivity index is 1.23. The van der Waals surface area contributed by atoms with Crippen LogP contribution in [0, 0.1) is 10.1 Å². The van der Waals surface area contributed by atoms with Crippen molar-refractivity contribution in [1.82, 2.24) is 20.2 Å². The first kappa shape index (κ1) is 22.1. The predicted octanol–water partition coefficient (Wildman–Crippen LogP) is 4.08. The van der Waals surface area contributed by atoms with E-state index in [0.29, 0.717) is 27.7 Å². The maximum atomic E-state index is 12.6. The minimum atomic E-state index is -0.447. The maximum absolute atomic E-state index is 12.6. The molecule has 174 valence electrons. The molecule has 0 radical (unpaired) electrons. The molecule has 2 aromatic heterocycles. The van der Waals surface area contributed by atoms with E-state index < -0.39 is 10.8 Å². The van der Waals surface area contributed by atoms with E-state index in [-0.39, 0.29) is 23.2 Å². The van der Waals surface area contributed by atoms with Gasteiger partial charge in [-0.25, -0.2) is 5.10 Å². The summed E-state index contributed by atoms with van der Waals surface area (Å²) in [5.41, 5.74) is 3.48. The highest BCUT2D eigenvalue weighted by molar-refractivity contribution is 7.98. The first-order valence-corrected chi connectivity index (χ1v) is 11.4. The molecule has 0 saturated carbocycles.